The van der Waals surface area contributed by atoms with Gasteiger partial charge in [-0.1, -0.05) is 85.7 Å². The van der Waals surface area contributed by atoms with Gasteiger partial charge in [-0.3, -0.25) is 10.1 Å². The van der Waals surface area contributed by atoms with Crippen molar-refractivity contribution in [1.82, 2.24) is 15.5 Å². The van der Waals surface area contributed by atoms with E-state index >= 15 is 0 Å². The van der Waals surface area contributed by atoms with Crippen LogP contribution in [0.1, 0.15) is 5.56 Å². The first-order valence-corrected chi connectivity index (χ1v) is 12.6. The summed E-state index contributed by atoms with van der Waals surface area (Å²) in [5.74, 6) is -0.381. The zero-order valence-corrected chi connectivity index (χ0v) is 21.7. The maximum atomic E-state index is 13.1. The summed E-state index contributed by atoms with van der Waals surface area (Å²) in [6, 6.07) is 23.0. The Labute approximate surface area is 217 Å². The summed E-state index contributed by atoms with van der Waals surface area (Å²) < 4.78 is 1.87. The molecule has 1 unspecified atom stereocenters. The van der Waals surface area contributed by atoms with Gasteiger partial charge in [0.05, 0.1) is 0 Å². The molecule has 0 bridgehead atoms. The van der Waals surface area contributed by atoms with Gasteiger partial charge in [0.1, 0.15) is 11.0 Å². The number of nitrogens with zero attached hydrogens (tertiary/aromatic N) is 2. The summed E-state index contributed by atoms with van der Waals surface area (Å²) >= 11 is 8.04. The molecule has 3 N–H and O–H groups in total. The lowest BCUT2D eigenvalue weighted by molar-refractivity contribution is -0.117. The van der Waals surface area contributed by atoms with Crippen LogP contribution in [0.25, 0.3) is 10.6 Å². The maximum Gasteiger partial charge on any atom is 0.319 e. The zero-order chi connectivity index (χ0) is 23.9. The lowest BCUT2D eigenvalue weighted by Gasteiger charge is -2.18. The van der Waals surface area contributed by atoms with Crippen LogP contribution in [0.2, 0.25) is 0 Å². The molecule has 1 heterocycles. The van der Waals surface area contributed by atoms with Gasteiger partial charge >= 0.3 is 6.03 Å². The van der Waals surface area contributed by atoms with Gasteiger partial charge in [0.2, 0.25) is 11.0 Å². The van der Waals surface area contributed by atoms with Gasteiger partial charge in [0, 0.05) is 26.6 Å². The molecule has 4 rings (SSSR count). The third-order valence-corrected chi connectivity index (χ3v) is 6.70. The molecule has 172 valence electrons. The molecule has 7 nitrogen and oxygen atoms in total. The Kier molecular flexibility index (Phi) is 8.04. The maximum absolute atomic E-state index is 13.1. The van der Waals surface area contributed by atoms with E-state index in [1.165, 1.54) is 11.3 Å². The number of hydrogen-bond acceptors (Lipinski definition) is 5. The molecule has 0 aliphatic heterocycles. The van der Waals surface area contributed by atoms with Gasteiger partial charge < -0.3 is 10.6 Å². The van der Waals surface area contributed by atoms with Gasteiger partial charge in [-0.2, -0.15) is 0 Å². The van der Waals surface area contributed by atoms with Crippen LogP contribution in [0.5, 0.6) is 0 Å². The summed E-state index contributed by atoms with van der Waals surface area (Å²) in [6.45, 7) is 0. The second-order valence-corrected chi connectivity index (χ2v) is 10.1. The molecule has 10 heteroatoms. The molecule has 3 amide bonds. The van der Waals surface area contributed by atoms with Crippen LogP contribution in [-0.2, 0) is 11.2 Å². The van der Waals surface area contributed by atoms with E-state index in [1.807, 2.05) is 66.7 Å². The van der Waals surface area contributed by atoms with E-state index in [9.17, 15) is 9.59 Å². The van der Waals surface area contributed by atoms with Gasteiger partial charge in [0.15, 0.2) is 0 Å². The largest absolute Gasteiger partial charge is 0.326 e. The molecular weight excluding hydrogens is 582 g/mol. The molecule has 1 aromatic heterocycles. The molecule has 34 heavy (non-hydrogen) atoms. The first-order valence-electron chi connectivity index (χ1n) is 10.2. The molecular formula is C24H19Br2N5O2S. The molecule has 0 aliphatic rings. The molecule has 0 fully saturated rings. The monoisotopic (exact) mass is 599 g/mol. The van der Waals surface area contributed by atoms with Crippen molar-refractivity contribution >= 4 is 66.0 Å². The number of urea groups is 1. The van der Waals surface area contributed by atoms with Crippen molar-refractivity contribution in [2.45, 2.75) is 12.5 Å². The Balaban J connectivity index is 1.46. The second kappa shape index (κ2) is 11.4. The van der Waals surface area contributed by atoms with E-state index in [4.69, 9.17) is 0 Å². The number of aromatic nitrogens is 2. The number of nitrogens with one attached hydrogen (secondary N) is 3. The molecule has 3 aromatic carbocycles. The molecule has 1 atom stereocenters. The highest BCUT2D eigenvalue weighted by Crippen LogP contribution is 2.27. The number of benzene rings is 3. The minimum Gasteiger partial charge on any atom is -0.326 e. The van der Waals surface area contributed by atoms with E-state index in [2.05, 4.69) is 58.0 Å². The minimum atomic E-state index is -0.821. The third-order valence-electron chi connectivity index (χ3n) is 4.75. The highest BCUT2D eigenvalue weighted by Gasteiger charge is 2.23. The standard InChI is InChI=1S/C24H19Br2N5O2S/c25-17-8-6-16(7-9-17)22-30-31-24(34-22)29-21(32)20(14-15-4-2-1-3-5-15)28-23(33)27-19-12-10-18(26)11-13-19/h1-13,20H,14H2,(H2,27,28,33)(H,29,31,32). The number of halogens is 2. The predicted molar refractivity (Wildman–Crippen MR) is 142 cm³/mol. The fourth-order valence-corrected chi connectivity index (χ4v) is 4.37. The normalized spacial score (nSPS) is 11.5. The van der Waals surface area contributed by atoms with Crippen LogP contribution in [0.15, 0.2) is 87.8 Å². The van der Waals surface area contributed by atoms with E-state index in [0.29, 0.717) is 22.2 Å². The topological polar surface area (TPSA) is 96.0 Å². The van der Waals surface area contributed by atoms with Crippen LogP contribution in [0.3, 0.4) is 0 Å². The average molecular weight is 601 g/mol. The summed E-state index contributed by atoms with van der Waals surface area (Å²) in [6.07, 6.45) is 0.318. The lowest BCUT2D eigenvalue weighted by atomic mass is 10.1. The van der Waals surface area contributed by atoms with Crippen molar-refractivity contribution < 1.29 is 9.59 Å². The Morgan fingerprint density at radius 1 is 0.824 bits per heavy atom. The van der Waals surface area contributed by atoms with Gasteiger partial charge in [-0.25, -0.2) is 4.79 Å². The number of amides is 3. The van der Waals surface area contributed by atoms with Crippen LogP contribution in [-0.4, -0.2) is 28.2 Å². The highest BCUT2D eigenvalue weighted by atomic mass is 79.9. The zero-order valence-electron chi connectivity index (χ0n) is 17.7. The molecule has 4 aromatic rings. The summed E-state index contributed by atoms with van der Waals surface area (Å²) in [5, 5.41) is 17.6. The Hall–Kier alpha value is -3.08. The highest BCUT2D eigenvalue weighted by molar-refractivity contribution is 9.10. The smallest absolute Gasteiger partial charge is 0.319 e. The van der Waals surface area contributed by atoms with E-state index < -0.39 is 12.1 Å². The van der Waals surface area contributed by atoms with Crippen LogP contribution >= 0.6 is 43.2 Å². The van der Waals surface area contributed by atoms with E-state index in [-0.39, 0.29) is 5.91 Å². The Bertz CT molecular complexity index is 1260. The molecule has 0 saturated heterocycles. The number of rotatable bonds is 7. The number of hydrogen-bond donors (Lipinski definition) is 3. The van der Waals surface area contributed by atoms with Crippen molar-refractivity contribution in [2.75, 3.05) is 10.6 Å². The van der Waals surface area contributed by atoms with Crippen LogP contribution in [0.4, 0.5) is 15.6 Å². The Morgan fingerprint density at radius 3 is 2.15 bits per heavy atom. The van der Waals surface area contributed by atoms with E-state index in [1.54, 1.807) is 12.1 Å². The predicted octanol–water partition coefficient (Wildman–Crippen LogP) is 6.10. The van der Waals surface area contributed by atoms with Crippen molar-refractivity contribution in [2.24, 2.45) is 0 Å². The fraction of sp³-hybridized carbons (Fsp3) is 0.0833. The third kappa shape index (κ3) is 6.72. The number of anilines is 2. The average Bonchev–Trinajstić information content (AvgIpc) is 3.29. The fourth-order valence-electron chi connectivity index (χ4n) is 3.09. The SMILES string of the molecule is O=C(Nc1ccc(Br)cc1)NC(Cc1ccccc1)C(=O)Nc1nnc(-c2ccc(Br)cc2)s1. The van der Waals surface area contributed by atoms with Crippen LogP contribution in [0, 0.1) is 0 Å². The second-order valence-electron chi connectivity index (χ2n) is 7.26. The molecule has 0 aliphatic carbocycles. The van der Waals surface area contributed by atoms with E-state index in [0.717, 1.165) is 20.1 Å². The minimum absolute atomic E-state index is 0.318. The lowest BCUT2D eigenvalue weighted by Crippen LogP contribution is -2.46. The van der Waals surface area contributed by atoms with Crippen molar-refractivity contribution in [3.8, 4) is 10.6 Å². The van der Waals surface area contributed by atoms with Crippen LogP contribution < -0.4 is 16.0 Å². The molecule has 0 radical (unpaired) electrons. The molecule has 0 saturated carbocycles. The van der Waals surface area contributed by atoms with Gasteiger partial charge in [0.25, 0.3) is 0 Å². The van der Waals surface area contributed by atoms with Crippen molar-refractivity contribution in [3.05, 3.63) is 93.4 Å². The summed E-state index contributed by atoms with van der Waals surface area (Å²) in [7, 11) is 0. The van der Waals surface area contributed by atoms with Gasteiger partial charge in [-0.05, 0) is 42.0 Å². The first-order chi connectivity index (χ1) is 16.5. The first kappa shape index (κ1) is 24.1. The summed E-state index contributed by atoms with van der Waals surface area (Å²) in [4.78, 5) is 25.7. The van der Waals surface area contributed by atoms with Crippen molar-refractivity contribution in [3.63, 3.8) is 0 Å². The number of carbonyl (C=O) groups excluding carboxylic acids is 2. The quantitative estimate of drug-likeness (QED) is 0.239. The van der Waals surface area contributed by atoms with Gasteiger partial charge in [-0.15, -0.1) is 10.2 Å². The summed E-state index contributed by atoms with van der Waals surface area (Å²) in [5.41, 5.74) is 2.43. The molecule has 0 spiro atoms. The number of carbonyl (C=O) groups is 2. The Morgan fingerprint density at radius 2 is 1.47 bits per heavy atom. The van der Waals surface area contributed by atoms with Crippen molar-refractivity contribution in [1.29, 1.82) is 0 Å².